The second-order valence-electron chi connectivity index (χ2n) is 6.93. The average Bonchev–Trinajstić information content (AvgIpc) is 2.72. The van der Waals surface area contributed by atoms with E-state index in [1.54, 1.807) is 24.5 Å². The molecule has 6 nitrogen and oxygen atoms in total. The third-order valence-electron chi connectivity index (χ3n) is 4.88. The minimum atomic E-state index is -0.308. The van der Waals surface area contributed by atoms with E-state index in [0.29, 0.717) is 29.9 Å². The molecule has 2 aromatic heterocycles. The minimum absolute atomic E-state index is 0.0640. The molecule has 1 aliphatic rings. The van der Waals surface area contributed by atoms with E-state index in [4.69, 9.17) is 11.6 Å². The SMILES string of the molecule is O=C(Nc1cnccc1-c1ccccc1)c1ccnc(NC(=O)[C@H]2C[C@@H](Cl)C2)c1. The highest BCUT2D eigenvalue weighted by molar-refractivity contribution is 6.21. The van der Waals surface area contributed by atoms with Crippen LogP contribution < -0.4 is 10.6 Å². The van der Waals surface area contributed by atoms with Gasteiger partial charge in [0.05, 0.1) is 11.9 Å². The fourth-order valence-electron chi connectivity index (χ4n) is 3.19. The molecule has 1 aromatic carbocycles. The number of benzene rings is 1. The molecule has 7 heteroatoms. The molecule has 1 saturated carbocycles. The van der Waals surface area contributed by atoms with Gasteiger partial charge in [0.15, 0.2) is 0 Å². The largest absolute Gasteiger partial charge is 0.320 e. The summed E-state index contributed by atoms with van der Waals surface area (Å²) in [6, 6.07) is 14.8. The smallest absolute Gasteiger partial charge is 0.255 e. The van der Waals surface area contributed by atoms with Gasteiger partial charge in [0.1, 0.15) is 5.82 Å². The number of amides is 2. The Labute approximate surface area is 173 Å². The van der Waals surface area contributed by atoms with Gasteiger partial charge in [-0.1, -0.05) is 30.3 Å². The quantitative estimate of drug-likeness (QED) is 0.617. The standard InChI is InChI=1S/C22H19ClN4O2/c23-17-10-16(11-17)22(29)27-20-12-15(6-9-25-20)21(28)26-19-13-24-8-7-18(19)14-4-2-1-3-5-14/h1-9,12-13,16-17H,10-11H2,(H,26,28)(H,25,27,29)/t16-,17+. The van der Waals surface area contributed by atoms with Crippen LogP contribution in [-0.2, 0) is 4.79 Å². The molecule has 4 rings (SSSR count). The lowest BCUT2D eigenvalue weighted by Crippen LogP contribution is -2.35. The number of hydrogen-bond acceptors (Lipinski definition) is 4. The molecule has 0 bridgehead atoms. The number of alkyl halides is 1. The average molecular weight is 407 g/mol. The maximum atomic E-state index is 12.8. The maximum absolute atomic E-state index is 12.8. The van der Waals surface area contributed by atoms with Crippen molar-refractivity contribution in [3.63, 3.8) is 0 Å². The Morgan fingerprint density at radius 2 is 1.79 bits per heavy atom. The fraction of sp³-hybridized carbons (Fsp3) is 0.182. The third kappa shape index (κ3) is 4.43. The summed E-state index contributed by atoms with van der Waals surface area (Å²) in [7, 11) is 0. The summed E-state index contributed by atoms with van der Waals surface area (Å²) in [6.45, 7) is 0. The Morgan fingerprint density at radius 1 is 1.00 bits per heavy atom. The van der Waals surface area contributed by atoms with Crippen LogP contribution in [0.1, 0.15) is 23.2 Å². The van der Waals surface area contributed by atoms with Crippen molar-refractivity contribution in [1.82, 2.24) is 9.97 Å². The number of rotatable bonds is 5. The maximum Gasteiger partial charge on any atom is 0.255 e. The molecule has 0 saturated heterocycles. The molecule has 0 spiro atoms. The van der Waals surface area contributed by atoms with Gasteiger partial charge in [-0.3, -0.25) is 14.6 Å². The Balaban J connectivity index is 1.49. The molecule has 2 N–H and O–H groups in total. The lowest BCUT2D eigenvalue weighted by molar-refractivity contribution is -0.122. The van der Waals surface area contributed by atoms with Crippen molar-refractivity contribution in [3.8, 4) is 11.1 Å². The van der Waals surface area contributed by atoms with Crippen LogP contribution in [0.2, 0.25) is 0 Å². The number of pyridine rings is 2. The normalized spacial score (nSPS) is 17.8. The number of nitrogens with one attached hydrogen (secondary N) is 2. The highest BCUT2D eigenvalue weighted by Gasteiger charge is 2.33. The van der Waals surface area contributed by atoms with Crippen LogP contribution in [0.3, 0.4) is 0 Å². The zero-order valence-corrected chi connectivity index (χ0v) is 16.3. The molecule has 0 unspecified atom stereocenters. The molecule has 2 amide bonds. The number of halogens is 1. The van der Waals surface area contributed by atoms with Crippen molar-refractivity contribution in [3.05, 3.63) is 72.7 Å². The zero-order chi connectivity index (χ0) is 20.2. The van der Waals surface area contributed by atoms with Crippen molar-refractivity contribution in [1.29, 1.82) is 0 Å². The van der Waals surface area contributed by atoms with Crippen molar-refractivity contribution in [2.75, 3.05) is 10.6 Å². The van der Waals surface area contributed by atoms with Crippen LogP contribution in [0.25, 0.3) is 11.1 Å². The van der Waals surface area contributed by atoms with Gasteiger partial charge in [0, 0.05) is 34.8 Å². The molecular weight excluding hydrogens is 388 g/mol. The Morgan fingerprint density at radius 3 is 2.55 bits per heavy atom. The van der Waals surface area contributed by atoms with E-state index in [1.165, 1.54) is 6.20 Å². The zero-order valence-electron chi connectivity index (χ0n) is 15.5. The van der Waals surface area contributed by atoms with Gasteiger partial charge in [0.2, 0.25) is 5.91 Å². The first-order chi connectivity index (χ1) is 14.1. The first-order valence-corrected chi connectivity index (χ1v) is 9.75. The highest BCUT2D eigenvalue weighted by Crippen LogP contribution is 2.32. The molecule has 2 heterocycles. The number of anilines is 2. The summed E-state index contributed by atoms with van der Waals surface area (Å²) in [4.78, 5) is 33.2. The van der Waals surface area contributed by atoms with E-state index >= 15 is 0 Å². The first kappa shape index (κ1) is 19.1. The lowest BCUT2D eigenvalue weighted by Gasteiger charge is -2.29. The van der Waals surface area contributed by atoms with E-state index in [0.717, 1.165) is 11.1 Å². The summed E-state index contributed by atoms with van der Waals surface area (Å²) in [5.41, 5.74) is 2.85. The van der Waals surface area contributed by atoms with Gasteiger partial charge in [-0.2, -0.15) is 0 Å². The highest BCUT2D eigenvalue weighted by atomic mass is 35.5. The van der Waals surface area contributed by atoms with Crippen LogP contribution in [0.15, 0.2) is 67.1 Å². The van der Waals surface area contributed by atoms with E-state index in [-0.39, 0.29) is 23.1 Å². The summed E-state index contributed by atoms with van der Waals surface area (Å²) >= 11 is 5.94. The molecular formula is C22H19ClN4O2. The summed E-state index contributed by atoms with van der Waals surface area (Å²) in [5.74, 6) is -0.182. The van der Waals surface area contributed by atoms with Crippen molar-refractivity contribution < 1.29 is 9.59 Å². The third-order valence-corrected chi connectivity index (χ3v) is 5.24. The number of hydrogen-bond donors (Lipinski definition) is 2. The van der Waals surface area contributed by atoms with Crippen LogP contribution in [-0.4, -0.2) is 27.2 Å². The predicted octanol–water partition coefficient (Wildman–Crippen LogP) is 4.35. The molecule has 0 atom stereocenters. The van der Waals surface area contributed by atoms with Gasteiger partial charge < -0.3 is 10.6 Å². The molecule has 146 valence electrons. The molecule has 0 aliphatic heterocycles. The van der Waals surface area contributed by atoms with Crippen LogP contribution in [0.4, 0.5) is 11.5 Å². The molecule has 0 radical (unpaired) electrons. The molecule has 29 heavy (non-hydrogen) atoms. The second kappa shape index (κ2) is 8.41. The Hall–Kier alpha value is -3.25. The van der Waals surface area contributed by atoms with E-state index in [1.807, 2.05) is 36.4 Å². The van der Waals surface area contributed by atoms with Crippen molar-refractivity contribution in [2.24, 2.45) is 5.92 Å². The van der Waals surface area contributed by atoms with E-state index in [9.17, 15) is 9.59 Å². The summed E-state index contributed by atoms with van der Waals surface area (Å²) in [5, 5.41) is 5.72. The minimum Gasteiger partial charge on any atom is -0.320 e. The predicted molar refractivity (Wildman–Crippen MR) is 113 cm³/mol. The van der Waals surface area contributed by atoms with Gasteiger partial charge in [0.25, 0.3) is 5.91 Å². The van der Waals surface area contributed by atoms with E-state index < -0.39 is 0 Å². The summed E-state index contributed by atoms with van der Waals surface area (Å²) in [6.07, 6.45) is 6.12. The number of nitrogens with zero attached hydrogens (tertiary/aromatic N) is 2. The number of carbonyl (C=O) groups excluding carboxylic acids is 2. The first-order valence-electron chi connectivity index (χ1n) is 9.32. The Bertz CT molecular complexity index is 1040. The van der Waals surface area contributed by atoms with Gasteiger partial charge in [-0.15, -0.1) is 11.6 Å². The van der Waals surface area contributed by atoms with Gasteiger partial charge >= 0.3 is 0 Å². The summed E-state index contributed by atoms with van der Waals surface area (Å²) < 4.78 is 0. The lowest BCUT2D eigenvalue weighted by atomic mass is 9.84. The van der Waals surface area contributed by atoms with Gasteiger partial charge in [-0.25, -0.2) is 4.98 Å². The fourth-order valence-corrected chi connectivity index (χ4v) is 3.62. The molecule has 1 fully saturated rings. The van der Waals surface area contributed by atoms with Crippen molar-refractivity contribution in [2.45, 2.75) is 18.2 Å². The number of carbonyl (C=O) groups is 2. The van der Waals surface area contributed by atoms with Crippen LogP contribution in [0, 0.1) is 5.92 Å². The van der Waals surface area contributed by atoms with Crippen molar-refractivity contribution >= 4 is 34.9 Å². The second-order valence-corrected chi connectivity index (χ2v) is 7.54. The van der Waals surface area contributed by atoms with E-state index in [2.05, 4.69) is 20.6 Å². The molecule has 3 aromatic rings. The Kier molecular flexibility index (Phi) is 5.53. The van der Waals surface area contributed by atoms with Crippen LogP contribution in [0.5, 0.6) is 0 Å². The number of aromatic nitrogens is 2. The molecule has 1 aliphatic carbocycles. The van der Waals surface area contributed by atoms with Crippen LogP contribution >= 0.6 is 11.6 Å². The topological polar surface area (TPSA) is 84.0 Å². The monoisotopic (exact) mass is 406 g/mol. The van der Waals surface area contributed by atoms with Gasteiger partial charge in [-0.05, 0) is 36.6 Å².